The summed E-state index contributed by atoms with van der Waals surface area (Å²) in [4.78, 5) is 35.5. The third-order valence-electron chi connectivity index (χ3n) is 5.37. The van der Waals surface area contributed by atoms with E-state index >= 15 is 0 Å². The highest BCUT2D eigenvalue weighted by molar-refractivity contribution is 6.01. The third kappa shape index (κ3) is 5.77. The number of amides is 2. The summed E-state index contributed by atoms with van der Waals surface area (Å²) in [6.07, 6.45) is 3.11. The molecule has 0 aliphatic rings. The second kappa shape index (κ2) is 10.4. The molecule has 4 rings (SSSR count). The minimum atomic E-state index is -0.518. The van der Waals surface area contributed by atoms with Crippen molar-refractivity contribution in [3.05, 3.63) is 106 Å². The average molecular weight is 470 g/mol. The molecule has 0 saturated carbocycles. The summed E-state index contributed by atoms with van der Waals surface area (Å²) in [6.45, 7) is 2.06. The van der Waals surface area contributed by atoms with Crippen LogP contribution in [0.5, 0.6) is 0 Å². The Kier molecular flexibility index (Phi) is 6.96. The topological polar surface area (TPSA) is 119 Å². The van der Waals surface area contributed by atoms with E-state index in [0.717, 1.165) is 27.7 Å². The Morgan fingerprint density at radius 3 is 2.60 bits per heavy atom. The number of nitrogens with one attached hydrogen (secondary N) is 2. The maximum atomic E-state index is 12.6. The van der Waals surface area contributed by atoms with Gasteiger partial charge in [-0.3, -0.25) is 19.7 Å². The minimum absolute atomic E-state index is 0.104. The monoisotopic (exact) mass is 469 g/mol. The zero-order valence-corrected chi connectivity index (χ0v) is 19.0. The molecule has 4 aromatic rings. The number of anilines is 1. The second-order valence-electron chi connectivity index (χ2n) is 8.00. The van der Waals surface area contributed by atoms with Gasteiger partial charge in [0.2, 0.25) is 11.8 Å². The average Bonchev–Trinajstić information content (AvgIpc) is 3.16. The number of nitro benzene ring substituents is 1. The van der Waals surface area contributed by atoms with Gasteiger partial charge in [-0.1, -0.05) is 48.5 Å². The molecule has 0 unspecified atom stereocenters. The van der Waals surface area contributed by atoms with Gasteiger partial charge in [-0.05, 0) is 30.7 Å². The molecule has 3 aromatic carbocycles. The van der Waals surface area contributed by atoms with E-state index in [2.05, 4.69) is 15.8 Å². The van der Waals surface area contributed by atoms with E-state index in [4.69, 9.17) is 0 Å². The normalized spacial score (nSPS) is 11.0. The van der Waals surface area contributed by atoms with Crippen molar-refractivity contribution in [2.45, 2.75) is 19.9 Å². The number of hydrogen-bond acceptors (Lipinski definition) is 5. The molecule has 0 aliphatic heterocycles. The highest BCUT2D eigenvalue weighted by Gasteiger charge is 2.15. The van der Waals surface area contributed by atoms with Crippen LogP contribution in [0.1, 0.15) is 16.7 Å². The molecule has 0 radical (unpaired) electrons. The number of para-hydroxylation sites is 2. The van der Waals surface area contributed by atoms with E-state index in [9.17, 15) is 19.7 Å². The summed E-state index contributed by atoms with van der Waals surface area (Å²) in [5, 5.41) is 18.9. The molecule has 9 nitrogen and oxygen atoms in total. The van der Waals surface area contributed by atoms with Crippen molar-refractivity contribution >= 4 is 40.3 Å². The lowest BCUT2D eigenvalue weighted by Crippen LogP contribution is -2.20. The summed E-state index contributed by atoms with van der Waals surface area (Å²) in [5.74, 6) is -0.644. The number of aryl methyl sites for hydroxylation is 1. The highest BCUT2D eigenvalue weighted by atomic mass is 16.6. The van der Waals surface area contributed by atoms with Crippen molar-refractivity contribution in [2.75, 3.05) is 5.32 Å². The number of nitro groups is 1. The van der Waals surface area contributed by atoms with Gasteiger partial charge in [0.15, 0.2) is 0 Å². The van der Waals surface area contributed by atoms with Crippen LogP contribution >= 0.6 is 0 Å². The second-order valence-corrected chi connectivity index (χ2v) is 8.00. The van der Waals surface area contributed by atoms with Crippen molar-refractivity contribution in [3.8, 4) is 0 Å². The Bertz CT molecular complexity index is 1440. The Morgan fingerprint density at radius 2 is 1.80 bits per heavy atom. The van der Waals surface area contributed by atoms with Crippen LogP contribution in [0, 0.1) is 17.0 Å². The van der Waals surface area contributed by atoms with Crippen LogP contribution in [0.15, 0.2) is 84.1 Å². The molecule has 0 fully saturated rings. The largest absolute Gasteiger partial charge is 0.337 e. The summed E-state index contributed by atoms with van der Waals surface area (Å²) < 4.78 is 1.82. The SMILES string of the molecule is Cc1cccc(NC(=O)Cn2cc(C=NNC(=O)Cc3ccccc3[N+](=O)[O-])c3ccccc32)c1. The van der Waals surface area contributed by atoms with E-state index in [0.29, 0.717) is 5.56 Å². The van der Waals surface area contributed by atoms with Gasteiger partial charge >= 0.3 is 0 Å². The molecule has 2 amide bonds. The van der Waals surface area contributed by atoms with Crippen LogP contribution in [-0.4, -0.2) is 27.5 Å². The molecule has 0 bridgehead atoms. The van der Waals surface area contributed by atoms with Gasteiger partial charge in [0.05, 0.1) is 17.6 Å². The number of nitrogens with zero attached hydrogens (tertiary/aromatic N) is 3. The molecule has 0 saturated heterocycles. The highest BCUT2D eigenvalue weighted by Crippen LogP contribution is 2.21. The Balaban J connectivity index is 1.46. The fourth-order valence-electron chi connectivity index (χ4n) is 3.81. The molecule has 1 aromatic heterocycles. The van der Waals surface area contributed by atoms with Gasteiger partial charge in [-0.15, -0.1) is 0 Å². The zero-order chi connectivity index (χ0) is 24.8. The summed E-state index contributed by atoms with van der Waals surface area (Å²) in [6, 6.07) is 21.2. The predicted octanol–water partition coefficient (Wildman–Crippen LogP) is 4.19. The predicted molar refractivity (Wildman–Crippen MR) is 134 cm³/mol. The number of fused-ring (bicyclic) bond motifs is 1. The first-order valence-electron chi connectivity index (χ1n) is 10.9. The van der Waals surface area contributed by atoms with Crippen LogP contribution in [0.4, 0.5) is 11.4 Å². The van der Waals surface area contributed by atoms with Crippen molar-refractivity contribution in [1.82, 2.24) is 9.99 Å². The van der Waals surface area contributed by atoms with Crippen LogP contribution in [0.25, 0.3) is 10.9 Å². The van der Waals surface area contributed by atoms with E-state index in [1.54, 1.807) is 18.3 Å². The Hall–Kier alpha value is -4.79. The fourth-order valence-corrected chi connectivity index (χ4v) is 3.81. The number of carbonyl (C=O) groups is 2. The maximum Gasteiger partial charge on any atom is 0.273 e. The summed E-state index contributed by atoms with van der Waals surface area (Å²) in [5.41, 5.74) is 5.96. The molecule has 2 N–H and O–H groups in total. The molecule has 9 heteroatoms. The zero-order valence-electron chi connectivity index (χ0n) is 19.0. The minimum Gasteiger partial charge on any atom is -0.337 e. The molecule has 0 aliphatic carbocycles. The number of hydrogen-bond donors (Lipinski definition) is 2. The Labute approximate surface area is 201 Å². The summed E-state index contributed by atoms with van der Waals surface area (Å²) in [7, 11) is 0. The molecule has 0 atom stereocenters. The van der Waals surface area contributed by atoms with E-state index in [1.165, 1.54) is 18.3 Å². The van der Waals surface area contributed by atoms with Gasteiger partial charge in [-0.2, -0.15) is 5.10 Å². The van der Waals surface area contributed by atoms with E-state index in [1.807, 2.05) is 60.0 Å². The van der Waals surface area contributed by atoms with Crippen molar-refractivity contribution in [3.63, 3.8) is 0 Å². The van der Waals surface area contributed by atoms with Crippen LogP contribution in [0.2, 0.25) is 0 Å². The molecule has 176 valence electrons. The van der Waals surface area contributed by atoms with Gasteiger partial charge in [-0.25, -0.2) is 5.43 Å². The first-order valence-corrected chi connectivity index (χ1v) is 10.9. The fraction of sp³-hybridized carbons (Fsp3) is 0.115. The number of hydrazone groups is 1. The van der Waals surface area contributed by atoms with Crippen LogP contribution in [0.3, 0.4) is 0 Å². The number of carbonyl (C=O) groups excluding carboxylic acids is 2. The first-order chi connectivity index (χ1) is 16.9. The van der Waals surface area contributed by atoms with Crippen LogP contribution < -0.4 is 10.7 Å². The third-order valence-corrected chi connectivity index (χ3v) is 5.37. The lowest BCUT2D eigenvalue weighted by atomic mass is 10.1. The lowest BCUT2D eigenvalue weighted by Gasteiger charge is -2.08. The number of benzene rings is 3. The van der Waals surface area contributed by atoms with E-state index in [-0.39, 0.29) is 24.6 Å². The molecule has 35 heavy (non-hydrogen) atoms. The van der Waals surface area contributed by atoms with Crippen molar-refractivity contribution in [1.29, 1.82) is 0 Å². The van der Waals surface area contributed by atoms with Crippen molar-refractivity contribution in [2.24, 2.45) is 5.10 Å². The standard InChI is InChI=1S/C26H23N5O4/c1-18-7-6-9-21(13-18)28-26(33)17-30-16-20(22-10-3-5-12-24(22)30)15-27-29-25(32)14-19-8-2-4-11-23(19)31(34)35/h2-13,15-16H,14,17H2,1H3,(H,28,33)(H,29,32). The van der Waals surface area contributed by atoms with Gasteiger partial charge in [0.1, 0.15) is 6.54 Å². The van der Waals surface area contributed by atoms with Gasteiger partial charge in [0, 0.05) is 40.0 Å². The molecule has 1 heterocycles. The van der Waals surface area contributed by atoms with Crippen molar-refractivity contribution < 1.29 is 14.5 Å². The summed E-state index contributed by atoms with van der Waals surface area (Å²) >= 11 is 0. The first kappa shape index (κ1) is 23.4. The van der Waals surface area contributed by atoms with E-state index < -0.39 is 10.8 Å². The van der Waals surface area contributed by atoms with Gasteiger partial charge in [0.25, 0.3) is 5.69 Å². The lowest BCUT2D eigenvalue weighted by molar-refractivity contribution is -0.385. The quantitative estimate of drug-likeness (QED) is 0.228. The molecular formula is C26H23N5O4. The molecular weight excluding hydrogens is 446 g/mol. The number of aromatic nitrogens is 1. The Morgan fingerprint density at radius 1 is 1.03 bits per heavy atom. The smallest absolute Gasteiger partial charge is 0.273 e. The number of rotatable bonds is 8. The maximum absolute atomic E-state index is 12.6. The van der Waals surface area contributed by atoms with Crippen LogP contribution in [-0.2, 0) is 22.6 Å². The molecule has 0 spiro atoms. The van der Waals surface area contributed by atoms with Gasteiger partial charge < -0.3 is 9.88 Å².